The summed E-state index contributed by atoms with van der Waals surface area (Å²) in [6.07, 6.45) is 1.29. The number of rotatable bonds is 3. The van der Waals surface area contributed by atoms with Gasteiger partial charge in [0.1, 0.15) is 0 Å². The van der Waals surface area contributed by atoms with Gasteiger partial charge >= 0.3 is 5.97 Å². The van der Waals surface area contributed by atoms with Crippen LogP contribution in [-0.4, -0.2) is 45.4 Å². The Morgan fingerprint density at radius 1 is 1.56 bits per heavy atom. The maximum atomic E-state index is 10.6. The van der Waals surface area contributed by atoms with Crippen LogP contribution in [0.4, 0.5) is 0 Å². The molecule has 6 nitrogen and oxygen atoms in total. The van der Waals surface area contributed by atoms with Crippen molar-refractivity contribution in [2.24, 2.45) is 0 Å². The lowest BCUT2D eigenvalue weighted by atomic mass is 10.1. The number of aromatic nitrogens is 1. The molecule has 2 rings (SSSR count). The molecule has 1 aliphatic heterocycles. The molecule has 0 aliphatic carbocycles. The molecule has 0 amide bonds. The molecular weight excluding hydrogens is 212 g/mol. The maximum Gasteiger partial charge on any atom is 0.358 e. The van der Waals surface area contributed by atoms with Crippen molar-refractivity contribution in [3.05, 3.63) is 17.5 Å². The first-order valence-corrected chi connectivity index (χ1v) is 5.24. The predicted octanol–water partition coefficient (Wildman–Crippen LogP) is 0.329. The van der Waals surface area contributed by atoms with Gasteiger partial charge < -0.3 is 14.7 Å². The maximum absolute atomic E-state index is 10.6. The van der Waals surface area contributed by atoms with E-state index in [1.54, 1.807) is 0 Å². The molecule has 2 N–H and O–H groups in total. The first kappa shape index (κ1) is 11.1. The molecule has 16 heavy (non-hydrogen) atoms. The van der Waals surface area contributed by atoms with E-state index in [1.807, 2.05) is 0 Å². The number of aromatic carboxylic acids is 1. The smallest absolute Gasteiger partial charge is 0.358 e. The van der Waals surface area contributed by atoms with E-state index in [1.165, 1.54) is 6.07 Å². The van der Waals surface area contributed by atoms with E-state index in [9.17, 15) is 9.90 Å². The second-order valence-corrected chi connectivity index (χ2v) is 3.99. The van der Waals surface area contributed by atoms with Crippen LogP contribution >= 0.6 is 0 Å². The number of carboxylic acid groups (broad SMARTS) is 1. The average Bonchev–Trinajstić information content (AvgIpc) is 2.70. The molecule has 0 unspecified atom stereocenters. The molecule has 1 fully saturated rings. The van der Waals surface area contributed by atoms with Crippen molar-refractivity contribution < 1.29 is 19.5 Å². The van der Waals surface area contributed by atoms with E-state index in [0.717, 1.165) is 25.9 Å². The molecule has 0 saturated carbocycles. The molecule has 6 heteroatoms. The van der Waals surface area contributed by atoms with Crippen molar-refractivity contribution in [1.82, 2.24) is 10.1 Å². The summed E-state index contributed by atoms with van der Waals surface area (Å²) in [7, 11) is 0. The summed E-state index contributed by atoms with van der Waals surface area (Å²) in [6.45, 7) is 2.14. The Bertz CT molecular complexity index is 369. The van der Waals surface area contributed by atoms with Crippen LogP contribution in [0.15, 0.2) is 10.6 Å². The van der Waals surface area contributed by atoms with Gasteiger partial charge in [-0.3, -0.25) is 4.90 Å². The minimum atomic E-state index is -1.08. The third-order valence-electron chi connectivity index (χ3n) is 2.71. The number of hydrogen-bond acceptors (Lipinski definition) is 5. The number of hydrogen-bond donors (Lipinski definition) is 2. The summed E-state index contributed by atoms with van der Waals surface area (Å²) < 4.78 is 4.92. The highest BCUT2D eigenvalue weighted by molar-refractivity contribution is 5.85. The third-order valence-corrected chi connectivity index (χ3v) is 2.71. The van der Waals surface area contributed by atoms with E-state index in [2.05, 4.69) is 10.1 Å². The average molecular weight is 226 g/mol. The van der Waals surface area contributed by atoms with Crippen LogP contribution in [0.3, 0.4) is 0 Å². The minimum absolute atomic E-state index is 0.0629. The van der Waals surface area contributed by atoms with Gasteiger partial charge in [0.05, 0.1) is 12.6 Å². The number of carbonyl (C=O) groups is 1. The van der Waals surface area contributed by atoms with Crippen molar-refractivity contribution >= 4 is 5.97 Å². The second kappa shape index (κ2) is 4.63. The van der Waals surface area contributed by atoms with Crippen molar-refractivity contribution in [2.75, 3.05) is 13.1 Å². The van der Waals surface area contributed by atoms with E-state index in [-0.39, 0.29) is 11.8 Å². The Balaban J connectivity index is 1.91. The molecule has 88 valence electrons. The van der Waals surface area contributed by atoms with Gasteiger partial charge in [-0.25, -0.2) is 4.79 Å². The van der Waals surface area contributed by atoms with E-state index in [0.29, 0.717) is 12.3 Å². The third kappa shape index (κ3) is 2.59. The summed E-state index contributed by atoms with van der Waals surface area (Å²) in [6, 6.07) is 1.44. The SMILES string of the molecule is O=C(O)c1cc(CN2CCC(O)CC2)on1. The first-order valence-electron chi connectivity index (χ1n) is 5.24. The molecule has 0 bridgehead atoms. The number of nitrogens with zero attached hydrogens (tertiary/aromatic N) is 2. The molecule has 1 aromatic heterocycles. The van der Waals surface area contributed by atoms with E-state index in [4.69, 9.17) is 9.63 Å². The number of aliphatic hydroxyl groups is 1. The van der Waals surface area contributed by atoms with Crippen LogP contribution in [0.2, 0.25) is 0 Å². The fourth-order valence-electron chi connectivity index (χ4n) is 1.79. The number of piperidine rings is 1. The van der Waals surface area contributed by atoms with Crippen LogP contribution in [0.25, 0.3) is 0 Å². The standard InChI is InChI=1S/C10H14N2O4/c13-7-1-3-12(4-2-7)6-8-5-9(10(14)15)11-16-8/h5,7,13H,1-4,6H2,(H,14,15). The van der Waals surface area contributed by atoms with Crippen LogP contribution in [0, 0.1) is 0 Å². The lowest BCUT2D eigenvalue weighted by molar-refractivity contribution is 0.0682. The van der Waals surface area contributed by atoms with Gasteiger partial charge in [-0.1, -0.05) is 5.16 Å². The molecule has 1 aliphatic rings. The van der Waals surface area contributed by atoms with Crippen molar-refractivity contribution in [2.45, 2.75) is 25.5 Å². The minimum Gasteiger partial charge on any atom is -0.476 e. The van der Waals surface area contributed by atoms with Gasteiger partial charge in [0.25, 0.3) is 0 Å². The second-order valence-electron chi connectivity index (χ2n) is 3.99. The molecule has 0 spiro atoms. The summed E-state index contributed by atoms with van der Waals surface area (Å²) in [5, 5.41) is 21.4. The quantitative estimate of drug-likeness (QED) is 0.772. The van der Waals surface area contributed by atoms with Gasteiger partial charge in [-0.2, -0.15) is 0 Å². The topological polar surface area (TPSA) is 86.8 Å². The van der Waals surface area contributed by atoms with Gasteiger partial charge in [0.15, 0.2) is 11.5 Å². The molecular formula is C10H14N2O4. The lowest BCUT2D eigenvalue weighted by Gasteiger charge is -2.28. The zero-order valence-corrected chi connectivity index (χ0v) is 8.80. The Kier molecular flexibility index (Phi) is 3.21. The highest BCUT2D eigenvalue weighted by Crippen LogP contribution is 2.14. The summed E-state index contributed by atoms with van der Waals surface area (Å²) >= 11 is 0. The van der Waals surface area contributed by atoms with Crippen LogP contribution in [-0.2, 0) is 6.54 Å². The Morgan fingerprint density at radius 2 is 2.25 bits per heavy atom. The van der Waals surface area contributed by atoms with Crippen molar-refractivity contribution in [3.63, 3.8) is 0 Å². The molecule has 2 heterocycles. The number of aliphatic hydroxyl groups excluding tert-OH is 1. The Morgan fingerprint density at radius 3 is 2.81 bits per heavy atom. The largest absolute Gasteiger partial charge is 0.476 e. The molecule has 1 saturated heterocycles. The van der Waals surface area contributed by atoms with Gasteiger partial charge in [0, 0.05) is 19.2 Å². The van der Waals surface area contributed by atoms with Crippen molar-refractivity contribution in [1.29, 1.82) is 0 Å². The molecule has 0 aromatic carbocycles. The monoisotopic (exact) mass is 226 g/mol. The van der Waals surface area contributed by atoms with Gasteiger partial charge in [-0.05, 0) is 12.8 Å². The zero-order chi connectivity index (χ0) is 11.5. The van der Waals surface area contributed by atoms with E-state index < -0.39 is 5.97 Å². The van der Waals surface area contributed by atoms with Crippen LogP contribution in [0.5, 0.6) is 0 Å². The van der Waals surface area contributed by atoms with Gasteiger partial charge in [-0.15, -0.1) is 0 Å². The lowest BCUT2D eigenvalue weighted by Crippen LogP contribution is -2.35. The van der Waals surface area contributed by atoms with Crippen LogP contribution in [0.1, 0.15) is 29.1 Å². The number of carboxylic acids is 1. The zero-order valence-electron chi connectivity index (χ0n) is 8.80. The number of likely N-dealkylation sites (tertiary alicyclic amines) is 1. The summed E-state index contributed by atoms with van der Waals surface area (Å²) in [5.74, 6) is -0.530. The first-order chi connectivity index (χ1) is 7.65. The fraction of sp³-hybridized carbons (Fsp3) is 0.600. The normalized spacial score (nSPS) is 18.8. The molecule has 1 aromatic rings. The highest BCUT2D eigenvalue weighted by atomic mass is 16.5. The highest BCUT2D eigenvalue weighted by Gasteiger charge is 2.19. The van der Waals surface area contributed by atoms with Crippen LogP contribution < -0.4 is 0 Å². The molecule has 0 radical (unpaired) electrons. The Labute approximate surface area is 92.5 Å². The van der Waals surface area contributed by atoms with Gasteiger partial charge in [0.2, 0.25) is 0 Å². The summed E-state index contributed by atoms with van der Waals surface area (Å²) in [4.78, 5) is 12.7. The predicted molar refractivity (Wildman–Crippen MR) is 54.0 cm³/mol. The fourth-order valence-corrected chi connectivity index (χ4v) is 1.79. The Hall–Kier alpha value is -1.40. The van der Waals surface area contributed by atoms with E-state index >= 15 is 0 Å². The summed E-state index contributed by atoms with van der Waals surface area (Å²) in [5.41, 5.74) is -0.0629. The van der Waals surface area contributed by atoms with Crippen molar-refractivity contribution in [3.8, 4) is 0 Å². The molecule has 0 atom stereocenters.